The molecule has 2 heterocycles. The van der Waals surface area contributed by atoms with Gasteiger partial charge in [-0.05, 0) is 25.5 Å². The number of hydrogen-bond acceptors (Lipinski definition) is 7. The van der Waals surface area contributed by atoms with Crippen LogP contribution < -0.4 is 10.5 Å². The average Bonchev–Trinajstić information content (AvgIpc) is 2.43. The lowest BCUT2D eigenvalue weighted by atomic mass is 10.3. The van der Waals surface area contributed by atoms with Crippen LogP contribution in [-0.4, -0.2) is 28.6 Å². The van der Waals surface area contributed by atoms with Crippen LogP contribution in [0.5, 0.6) is 0 Å². The molecule has 0 aliphatic carbocycles. The van der Waals surface area contributed by atoms with Crippen molar-refractivity contribution < 1.29 is 8.42 Å². The fraction of sp³-hybridized carbons (Fsp3) is 0.273. The fourth-order valence-electron chi connectivity index (χ4n) is 1.36. The highest BCUT2D eigenvalue weighted by Gasteiger charge is 2.17. The standard InChI is InChI=1S/C11H14N6O2S/c1-7-8(2)15-16-11(14-7)17-20(18,19)10-4-3-9(5-12)6-13-10/h3-4,6H,5,12H2,1-2H3,(H,14,16,17). The Kier molecular flexibility index (Phi) is 3.91. The number of nitrogens with zero attached hydrogens (tertiary/aromatic N) is 4. The molecular formula is C11H14N6O2S. The van der Waals surface area contributed by atoms with Gasteiger partial charge in [0.2, 0.25) is 0 Å². The Morgan fingerprint density at radius 2 is 1.95 bits per heavy atom. The number of nitrogens with two attached hydrogens (primary N) is 1. The minimum atomic E-state index is -3.83. The van der Waals surface area contributed by atoms with Crippen molar-refractivity contribution in [3.8, 4) is 0 Å². The molecule has 3 N–H and O–H groups in total. The third-order valence-corrected chi connectivity index (χ3v) is 3.87. The van der Waals surface area contributed by atoms with Gasteiger partial charge in [0.25, 0.3) is 16.0 Å². The van der Waals surface area contributed by atoms with Crippen molar-refractivity contribution in [1.82, 2.24) is 20.2 Å². The fourth-order valence-corrected chi connectivity index (χ4v) is 2.23. The summed E-state index contributed by atoms with van der Waals surface area (Å²) in [4.78, 5) is 7.86. The van der Waals surface area contributed by atoms with Gasteiger partial charge in [0, 0.05) is 12.7 Å². The molecule has 0 spiro atoms. The van der Waals surface area contributed by atoms with Crippen molar-refractivity contribution >= 4 is 16.0 Å². The lowest BCUT2D eigenvalue weighted by Crippen LogP contribution is -2.17. The van der Waals surface area contributed by atoms with Crippen molar-refractivity contribution in [3.05, 3.63) is 35.3 Å². The molecule has 0 atom stereocenters. The van der Waals surface area contributed by atoms with Crippen LogP contribution >= 0.6 is 0 Å². The Morgan fingerprint density at radius 3 is 2.50 bits per heavy atom. The third kappa shape index (κ3) is 3.06. The Labute approximate surface area is 116 Å². The second kappa shape index (κ2) is 5.47. The number of rotatable bonds is 4. The third-order valence-electron chi connectivity index (χ3n) is 2.63. The minimum Gasteiger partial charge on any atom is -0.326 e. The molecule has 20 heavy (non-hydrogen) atoms. The number of nitrogens with one attached hydrogen (secondary N) is 1. The molecule has 9 heteroatoms. The van der Waals surface area contributed by atoms with Gasteiger partial charge in [-0.1, -0.05) is 6.07 Å². The monoisotopic (exact) mass is 294 g/mol. The molecule has 0 saturated carbocycles. The Bertz CT molecular complexity index is 714. The maximum atomic E-state index is 12.1. The Hall–Kier alpha value is -2.13. The first-order valence-electron chi connectivity index (χ1n) is 5.78. The van der Waals surface area contributed by atoms with Crippen molar-refractivity contribution in [2.75, 3.05) is 4.72 Å². The van der Waals surface area contributed by atoms with Crippen LogP contribution in [0.2, 0.25) is 0 Å². The highest BCUT2D eigenvalue weighted by atomic mass is 32.2. The highest BCUT2D eigenvalue weighted by Crippen LogP contribution is 2.11. The average molecular weight is 294 g/mol. The molecule has 0 fully saturated rings. The predicted octanol–water partition coefficient (Wildman–Crippen LogP) is 0.143. The minimum absolute atomic E-state index is 0.0854. The molecule has 0 aromatic carbocycles. The van der Waals surface area contributed by atoms with Gasteiger partial charge < -0.3 is 5.73 Å². The van der Waals surface area contributed by atoms with Gasteiger partial charge in [-0.15, -0.1) is 5.10 Å². The van der Waals surface area contributed by atoms with E-state index in [1.807, 2.05) is 0 Å². The van der Waals surface area contributed by atoms with Gasteiger partial charge in [-0.2, -0.15) is 13.5 Å². The van der Waals surface area contributed by atoms with Gasteiger partial charge in [-0.3, -0.25) is 0 Å². The van der Waals surface area contributed by atoms with E-state index in [4.69, 9.17) is 5.73 Å². The van der Waals surface area contributed by atoms with E-state index in [1.165, 1.54) is 12.3 Å². The van der Waals surface area contributed by atoms with Gasteiger partial charge >= 0.3 is 0 Å². The second-order valence-corrected chi connectivity index (χ2v) is 5.75. The molecule has 0 aliphatic rings. The van der Waals surface area contributed by atoms with Gasteiger partial charge in [0.1, 0.15) is 0 Å². The maximum absolute atomic E-state index is 12.1. The van der Waals surface area contributed by atoms with E-state index in [9.17, 15) is 8.42 Å². The van der Waals surface area contributed by atoms with Crippen LogP contribution in [0.3, 0.4) is 0 Å². The van der Waals surface area contributed by atoms with Crippen molar-refractivity contribution in [1.29, 1.82) is 0 Å². The zero-order valence-corrected chi connectivity index (χ0v) is 11.8. The summed E-state index contributed by atoms with van der Waals surface area (Å²) >= 11 is 0. The topological polar surface area (TPSA) is 124 Å². The Morgan fingerprint density at radius 1 is 1.20 bits per heavy atom. The molecule has 8 nitrogen and oxygen atoms in total. The normalized spacial score (nSPS) is 11.3. The zero-order chi connectivity index (χ0) is 14.8. The van der Waals surface area contributed by atoms with Crippen molar-refractivity contribution in [2.24, 2.45) is 5.73 Å². The molecule has 106 valence electrons. The first-order valence-corrected chi connectivity index (χ1v) is 7.26. The summed E-state index contributed by atoms with van der Waals surface area (Å²) in [5.41, 5.74) is 7.41. The van der Waals surface area contributed by atoms with Crippen LogP contribution in [0.25, 0.3) is 0 Å². The van der Waals surface area contributed by atoms with Gasteiger partial charge in [0.15, 0.2) is 5.03 Å². The number of sulfonamides is 1. The summed E-state index contributed by atoms with van der Waals surface area (Å²) in [7, 11) is -3.83. The van der Waals surface area contributed by atoms with E-state index < -0.39 is 10.0 Å². The molecule has 2 aromatic heterocycles. The molecule has 0 unspecified atom stereocenters. The van der Waals surface area contributed by atoms with Crippen molar-refractivity contribution in [2.45, 2.75) is 25.4 Å². The molecule has 0 saturated heterocycles. The zero-order valence-electron chi connectivity index (χ0n) is 11.0. The smallest absolute Gasteiger partial charge is 0.281 e. The lowest BCUT2D eigenvalue weighted by Gasteiger charge is -2.06. The lowest BCUT2D eigenvalue weighted by molar-refractivity contribution is 0.596. The molecule has 0 radical (unpaired) electrons. The van der Waals surface area contributed by atoms with E-state index in [-0.39, 0.29) is 11.0 Å². The van der Waals surface area contributed by atoms with E-state index in [0.29, 0.717) is 17.9 Å². The molecule has 0 amide bonds. The van der Waals surface area contributed by atoms with E-state index >= 15 is 0 Å². The quantitative estimate of drug-likeness (QED) is 0.822. The van der Waals surface area contributed by atoms with Crippen LogP contribution in [-0.2, 0) is 16.6 Å². The molecule has 2 rings (SSSR count). The number of aryl methyl sites for hydroxylation is 2. The number of pyridine rings is 1. The molecule has 0 bridgehead atoms. The first kappa shape index (κ1) is 14.3. The largest absolute Gasteiger partial charge is 0.326 e. The molecular weight excluding hydrogens is 280 g/mol. The summed E-state index contributed by atoms with van der Waals surface area (Å²) in [5.74, 6) is -0.0854. The first-order chi connectivity index (χ1) is 9.42. The number of hydrogen-bond donors (Lipinski definition) is 2. The van der Waals surface area contributed by atoms with Crippen LogP contribution in [0.4, 0.5) is 5.95 Å². The summed E-state index contributed by atoms with van der Waals surface area (Å²) in [6.07, 6.45) is 1.41. The van der Waals surface area contributed by atoms with Crippen LogP contribution in [0.1, 0.15) is 17.0 Å². The van der Waals surface area contributed by atoms with Gasteiger partial charge in [0.05, 0.1) is 11.4 Å². The van der Waals surface area contributed by atoms with Crippen LogP contribution in [0, 0.1) is 13.8 Å². The highest BCUT2D eigenvalue weighted by molar-refractivity contribution is 7.92. The van der Waals surface area contributed by atoms with E-state index in [2.05, 4.69) is 24.9 Å². The Balaban J connectivity index is 2.27. The van der Waals surface area contributed by atoms with E-state index in [0.717, 1.165) is 5.56 Å². The maximum Gasteiger partial charge on any atom is 0.281 e. The molecule has 0 aliphatic heterocycles. The summed E-state index contributed by atoms with van der Waals surface area (Å²) < 4.78 is 26.4. The predicted molar refractivity (Wildman–Crippen MR) is 72.2 cm³/mol. The van der Waals surface area contributed by atoms with Crippen LogP contribution in [0.15, 0.2) is 23.4 Å². The molecule has 2 aromatic rings. The summed E-state index contributed by atoms with van der Waals surface area (Å²) in [6.45, 7) is 3.75. The van der Waals surface area contributed by atoms with Crippen molar-refractivity contribution in [3.63, 3.8) is 0 Å². The summed E-state index contributed by atoms with van der Waals surface area (Å²) in [5, 5.41) is 7.36. The van der Waals surface area contributed by atoms with Gasteiger partial charge in [-0.25, -0.2) is 14.7 Å². The summed E-state index contributed by atoms with van der Waals surface area (Å²) in [6, 6.07) is 2.97. The SMILES string of the molecule is Cc1nnc(NS(=O)(=O)c2ccc(CN)cn2)nc1C. The second-order valence-electron chi connectivity index (χ2n) is 4.12. The number of aromatic nitrogens is 4. The number of anilines is 1. The van der Waals surface area contributed by atoms with E-state index in [1.54, 1.807) is 19.9 Å².